The van der Waals surface area contributed by atoms with Gasteiger partial charge in [-0.3, -0.25) is 9.59 Å². The zero-order chi connectivity index (χ0) is 43.4. The highest BCUT2D eigenvalue weighted by Gasteiger charge is 2.47. The molecule has 1 aromatic heterocycles. The topological polar surface area (TPSA) is 149 Å². The molecule has 3 heterocycles. The number of likely N-dealkylation sites (N-methyl/N-ethyl adjacent to an activating group) is 1. The summed E-state index contributed by atoms with van der Waals surface area (Å²) in [6.45, 7) is 4.28. The van der Waals surface area contributed by atoms with Gasteiger partial charge in [0.2, 0.25) is 5.91 Å². The molecular weight excluding hydrogens is 814 g/mol. The lowest BCUT2D eigenvalue weighted by atomic mass is 9.89. The molecule has 0 N–H and O–H groups in total. The standard InChI is InChI=1S/C44H45F3N6O7S/c1-30(61-35-25-58-42(59-26-35)10-6-4-7-32-12-11-31(23-48)21-38(32)46)44(27-53-29-49-28-50-53,37-14-13-34(45)22-39(37)47)60-43(56)36-9-5-3-8-33(36)24-57-41(55)16-15-40(54)52-19-17-51(2)18-20-52/h3-14,21-22,28-30,35,42H,15-20,24-27H2,1-2H3/t30-,35?,42?,44-/m1/s1. The smallest absolute Gasteiger partial charge is 0.339 e. The molecule has 0 saturated carbocycles. The number of aromatic nitrogens is 3. The number of benzene rings is 3. The number of nitrogens with zero attached hydrogens (tertiary/aromatic N) is 6. The Morgan fingerprint density at radius 3 is 2.48 bits per heavy atom. The fraction of sp³-hybridized carbons (Fsp3) is 0.364. The molecule has 0 aliphatic carbocycles. The molecule has 0 spiro atoms. The summed E-state index contributed by atoms with van der Waals surface area (Å²) in [6, 6.07) is 15.5. The van der Waals surface area contributed by atoms with Gasteiger partial charge < -0.3 is 28.7 Å². The summed E-state index contributed by atoms with van der Waals surface area (Å²) >= 11 is 1.31. The number of rotatable bonds is 16. The van der Waals surface area contributed by atoms with Crippen LogP contribution >= 0.6 is 11.8 Å². The molecule has 2 aliphatic heterocycles. The van der Waals surface area contributed by atoms with Crippen molar-refractivity contribution in [1.29, 1.82) is 5.26 Å². The first-order valence-electron chi connectivity index (χ1n) is 19.6. The highest BCUT2D eigenvalue weighted by atomic mass is 32.2. The first-order chi connectivity index (χ1) is 29.4. The quantitative estimate of drug-likeness (QED) is 0.0955. The van der Waals surface area contributed by atoms with E-state index in [0.717, 1.165) is 25.2 Å². The van der Waals surface area contributed by atoms with Crippen LogP contribution in [0.2, 0.25) is 0 Å². The highest BCUT2D eigenvalue weighted by Crippen LogP contribution is 2.42. The van der Waals surface area contributed by atoms with Gasteiger partial charge in [-0.1, -0.05) is 42.5 Å². The first-order valence-corrected chi connectivity index (χ1v) is 20.5. The molecule has 13 nitrogen and oxygen atoms in total. The summed E-state index contributed by atoms with van der Waals surface area (Å²) in [5.74, 6) is -3.93. The van der Waals surface area contributed by atoms with Crippen LogP contribution in [0, 0.1) is 28.8 Å². The Morgan fingerprint density at radius 1 is 1.00 bits per heavy atom. The highest BCUT2D eigenvalue weighted by molar-refractivity contribution is 8.00. The molecule has 3 aromatic carbocycles. The maximum absolute atomic E-state index is 16.0. The Hall–Kier alpha value is -5.80. The van der Waals surface area contributed by atoms with Crippen molar-refractivity contribution in [2.75, 3.05) is 46.4 Å². The fourth-order valence-corrected chi connectivity index (χ4v) is 8.21. The Labute approximate surface area is 355 Å². The van der Waals surface area contributed by atoms with Crippen LogP contribution in [0.3, 0.4) is 0 Å². The van der Waals surface area contributed by atoms with Crippen molar-refractivity contribution in [2.45, 2.75) is 55.3 Å². The number of hydrogen-bond donors (Lipinski definition) is 0. The van der Waals surface area contributed by atoms with Crippen LogP contribution in [-0.2, 0) is 47.3 Å². The first kappa shape index (κ1) is 44.7. The van der Waals surface area contributed by atoms with Gasteiger partial charge in [-0.25, -0.2) is 27.6 Å². The monoisotopic (exact) mass is 858 g/mol. The van der Waals surface area contributed by atoms with E-state index in [9.17, 15) is 23.2 Å². The van der Waals surface area contributed by atoms with Gasteiger partial charge in [0.1, 0.15) is 36.7 Å². The minimum Gasteiger partial charge on any atom is -0.461 e. The molecule has 1 amide bonds. The second-order valence-corrected chi connectivity index (χ2v) is 16.2. The average molecular weight is 859 g/mol. The third-order valence-electron chi connectivity index (χ3n) is 10.3. The third-order valence-corrected chi connectivity index (χ3v) is 11.7. The number of ether oxygens (including phenoxy) is 4. The zero-order valence-corrected chi connectivity index (χ0v) is 34.4. The van der Waals surface area contributed by atoms with E-state index >= 15 is 4.39 Å². The van der Waals surface area contributed by atoms with E-state index in [1.807, 2.05) is 13.1 Å². The lowest BCUT2D eigenvalue weighted by molar-refractivity contribution is -0.147. The number of esters is 2. The number of allylic oxidation sites excluding steroid dienone is 2. The SMILES string of the molecule is C[C@@H](SC1COC(C=CC=Cc2ccc(C#N)cc2F)OC1)[C@@](Cn1cncn1)(OC(=O)c1ccccc1COC(=O)CCC(=O)N1CCN(C)CC1)c1ccc(F)cc1F. The van der Waals surface area contributed by atoms with Crippen molar-refractivity contribution in [1.82, 2.24) is 24.6 Å². The van der Waals surface area contributed by atoms with Crippen LogP contribution in [0.25, 0.3) is 6.08 Å². The van der Waals surface area contributed by atoms with Crippen molar-refractivity contribution in [2.24, 2.45) is 0 Å². The van der Waals surface area contributed by atoms with Crippen LogP contribution in [0.4, 0.5) is 13.2 Å². The summed E-state index contributed by atoms with van der Waals surface area (Å²) < 4.78 is 69.8. The summed E-state index contributed by atoms with van der Waals surface area (Å²) in [7, 11) is 1.98. The molecular formula is C44H45F3N6O7S. The van der Waals surface area contributed by atoms with Gasteiger partial charge in [-0.15, -0.1) is 11.8 Å². The van der Waals surface area contributed by atoms with Crippen molar-refractivity contribution < 1.29 is 46.5 Å². The number of hydrogen-bond acceptors (Lipinski definition) is 12. The molecule has 61 heavy (non-hydrogen) atoms. The summed E-state index contributed by atoms with van der Waals surface area (Å²) in [5.41, 5.74) is -1.07. The van der Waals surface area contributed by atoms with Crippen LogP contribution in [0.5, 0.6) is 0 Å². The fourth-order valence-electron chi connectivity index (χ4n) is 6.84. The van der Waals surface area contributed by atoms with Gasteiger partial charge in [-0.05, 0) is 50.4 Å². The molecule has 0 bridgehead atoms. The Balaban J connectivity index is 1.16. The molecule has 2 aliphatic rings. The summed E-state index contributed by atoms with van der Waals surface area (Å²) in [5, 5.41) is 12.1. The van der Waals surface area contributed by atoms with E-state index in [1.54, 1.807) is 54.3 Å². The molecule has 6 rings (SSSR count). The van der Waals surface area contributed by atoms with Gasteiger partial charge in [0.25, 0.3) is 0 Å². The number of carbonyl (C=O) groups is 3. The Kier molecular flexibility index (Phi) is 15.5. The van der Waals surface area contributed by atoms with E-state index in [4.69, 9.17) is 24.2 Å². The molecule has 2 fully saturated rings. The van der Waals surface area contributed by atoms with Crippen LogP contribution < -0.4 is 0 Å². The second kappa shape index (κ2) is 21.1. The number of piperazine rings is 1. The Morgan fingerprint density at radius 2 is 1.77 bits per heavy atom. The van der Waals surface area contributed by atoms with E-state index < -0.39 is 46.5 Å². The molecule has 320 valence electrons. The molecule has 17 heteroatoms. The lowest BCUT2D eigenvalue weighted by Gasteiger charge is -2.40. The van der Waals surface area contributed by atoms with E-state index in [2.05, 4.69) is 15.0 Å². The Bertz CT molecular complexity index is 2260. The number of nitriles is 1. The van der Waals surface area contributed by atoms with Crippen LogP contribution in [0.15, 0.2) is 91.5 Å². The van der Waals surface area contributed by atoms with Gasteiger partial charge in [-0.2, -0.15) is 10.4 Å². The number of carbonyl (C=O) groups excluding carboxylic acids is 3. The zero-order valence-electron chi connectivity index (χ0n) is 33.6. The van der Waals surface area contributed by atoms with E-state index in [0.29, 0.717) is 30.3 Å². The van der Waals surface area contributed by atoms with E-state index in [1.165, 1.54) is 53.4 Å². The predicted molar refractivity (Wildman–Crippen MR) is 219 cm³/mol. The van der Waals surface area contributed by atoms with Gasteiger partial charge in [0, 0.05) is 60.6 Å². The van der Waals surface area contributed by atoms with Crippen molar-refractivity contribution in [3.8, 4) is 6.07 Å². The minimum absolute atomic E-state index is 0.00900. The van der Waals surface area contributed by atoms with Crippen LogP contribution in [-0.4, -0.2) is 106 Å². The number of thioether (sulfide) groups is 1. The maximum atomic E-state index is 16.0. The molecule has 0 unspecified atom stereocenters. The second-order valence-electron chi connectivity index (χ2n) is 14.5. The largest absolute Gasteiger partial charge is 0.461 e. The van der Waals surface area contributed by atoms with Gasteiger partial charge in [0.05, 0.1) is 48.6 Å². The average Bonchev–Trinajstić information content (AvgIpc) is 3.77. The van der Waals surface area contributed by atoms with Crippen molar-refractivity contribution in [3.05, 3.63) is 137 Å². The predicted octanol–water partition coefficient (Wildman–Crippen LogP) is 6.05. The summed E-state index contributed by atoms with van der Waals surface area (Å²) in [4.78, 5) is 47.7. The normalized spacial score (nSPS) is 18.7. The molecule has 2 saturated heterocycles. The van der Waals surface area contributed by atoms with Crippen LogP contribution in [0.1, 0.15) is 52.4 Å². The molecule has 2 atom stereocenters. The number of amides is 1. The van der Waals surface area contributed by atoms with Gasteiger partial charge in [0.15, 0.2) is 11.9 Å². The minimum atomic E-state index is -1.83. The van der Waals surface area contributed by atoms with Gasteiger partial charge >= 0.3 is 11.9 Å². The number of halogens is 3. The van der Waals surface area contributed by atoms with E-state index in [-0.39, 0.29) is 67.1 Å². The summed E-state index contributed by atoms with van der Waals surface area (Å²) in [6.07, 6.45) is 8.25. The lowest BCUT2D eigenvalue weighted by Crippen LogP contribution is -2.47. The molecule has 4 aromatic rings. The molecule has 0 radical (unpaired) electrons. The van der Waals surface area contributed by atoms with Crippen molar-refractivity contribution >= 4 is 35.7 Å². The maximum Gasteiger partial charge on any atom is 0.339 e. The third kappa shape index (κ3) is 11.9. The van der Waals surface area contributed by atoms with Crippen molar-refractivity contribution in [3.63, 3.8) is 0 Å².